The zero-order valence-electron chi connectivity index (χ0n) is 16.7. The largest absolute Gasteiger partial charge is 0.393 e. The van der Waals surface area contributed by atoms with Crippen LogP contribution in [0.25, 0.3) is 0 Å². The van der Waals surface area contributed by atoms with Crippen molar-refractivity contribution in [3.05, 3.63) is 47.6 Å². The Kier molecular flexibility index (Phi) is 5.75. The average Bonchev–Trinajstić information content (AvgIpc) is 3.39. The lowest BCUT2D eigenvalue weighted by atomic mass is 9.65. The summed E-state index contributed by atoms with van der Waals surface area (Å²) in [6.07, 6.45) is 3.93. The number of epoxide rings is 1. The first kappa shape index (κ1) is 21.4. The molecule has 0 aromatic rings. The van der Waals surface area contributed by atoms with E-state index in [1.54, 1.807) is 6.08 Å². The molecule has 2 aliphatic carbocycles. The van der Waals surface area contributed by atoms with Gasteiger partial charge in [-0.15, -0.1) is 0 Å². The Morgan fingerprint density at radius 1 is 1.36 bits per heavy atom. The van der Waals surface area contributed by atoms with Crippen molar-refractivity contribution >= 4 is 0 Å². The van der Waals surface area contributed by atoms with Gasteiger partial charge in [-0.3, -0.25) is 0 Å². The summed E-state index contributed by atoms with van der Waals surface area (Å²) in [6.45, 7) is 9.67. The molecule has 1 saturated carbocycles. The summed E-state index contributed by atoms with van der Waals surface area (Å²) in [7, 11) is 0. The van der Waals surface area contributed by atoms with Crippen LogP contribution < -0.4 is 0 Å². The molecule has 0 amide bonds. The minimum atomic E-state index is -1.28. The van der Waals surface area contributed by atoms with Crippen LogP contribution in [0.1, 0.15) is 33.6 Å². The maximum Gasteiger partial charge on any atom is 0.156 e. The number of aliphatic hydroxyl groups is 5. The zero-order chi connectivity index (χ0) is 20.9. The molecule has 28 heavy (non-hydrogen) atoms. The highest BCUT2D eigenvalue weighted by Crippen LogP contribution is 2.50. The third-order valence-corrected chi connectivity index (χ3v) is 6.68. The molecule has 6 nitrogen and oxygen atoms in total. The van der Waals surface area contributed by atoms with E-state index in [0.29, 0.717) is 12.0 Å². The Balaban J connectivity index is 1.75. The van der Waals surface area contributed by atoms with Gasteiger partial charge < -0.3 is 30.3 Å². The highest BCUT2D eigenvalue weighted by molar-refractivity contribution is 5.36. The first-order chi connectivity index (χ1) is 13.1. The van der Waals surface area contributed by atoms with Crippen molar-refractivity contribution in [1.82, 2.24) is 0 Å². The molecule has 1 saturated heterocycles. The van der Waals surface area contributed by atoms with Crippen molar-refractivity contribution in [2.45, 2.75) is 69.7 Å². The van der Waals surface area contributed by atoms with Crippen molar-refractivity contribution in [3.8, 4) is 0 Å². The predicted octanol–water partition coefficient (Wildman–Crippen LogP) is 0.995. The van der Waals surface area contributed by atoms with Gasteiger partial charge in [0.2, 0.25) is 0 Å². The molecule has 7 atom stereocenters. The van der Waals surface area contributed by atoms with E-state index in [-0.39, 0.29) is 17.9 Å². The van der Waals surface area contributed by atoms with E-state index < -0.39 is 36.1 Å². The molecule has 1 heterocycles. The van der Waals surface area contributed by atoms with E-state index in [1.807, 2.05) is 32.9 Å². The fourth-order valence-electron chi connectivity index (χ4n) is 4.57. The quantitative estimate of drug-likeness (QED) is 0.271. The second-order valence-electron chi connectivity index (χ2n) is 8.91. The third-order valence-electron chi connectivity index (χ3n) is 6.68. The van der Waals surface area contributed by atoms with Gasteiger partial charge >= 0.3 is 0 Å². The normalized spacial score (nSPS) is 41.6. The van der Waals surface area contributed by atoms with Crippen molar-refractivity contribution in [2.75, 3.05) is 6.61 Å². The second-order valence-corrected chi connectivity index (χ2v) is 8.91. The third kappa shape index (κ3) is 3.43. The van der Waals surface area contributed by atoms with E-state index in [1.165, 1.54) is 6.08 Å². The van der Waals surface area contributed by atoms with Gasteiger partial charge in [0.15, 0.2) is 5.60 Å². The maximum absolute atomic E-state index is 10.7. The summed E-state index contributed by atoms with van der Waals surface area (Å²) in [6, 6.07) is 0. The molecule has 156 valence electrons. The highest BCUT2D eigenvalue weighted by atomic mass is 16.6. The lowest BCUT2D eigenvalue weighted by Crippen LogP contribution is -2.48. The monoisotopic (exact) mass is 392 g/mol. The van der Waals surface area contributed by atoms with E-state index in [2.05, 4.69) is 6.58 Å². The van der Waals surface area contributed by atoms with Crippen LogP contribution in [0.4, 0.5) is 0 Å². The molecular formula is C22H32O6. The molecule has 2 fully saturated rings. The van der Waals surface area contributed by atoms with Gasteiger partial charge in [-0.1, -0.05) is 49.8 Å². The molecule has 0 aromatic carbocycles. The van der Waals surface area contributed by atoms with Gasteiger partial charge in [0.25, 0.3) is 0 Å². The number of allylic oxidation sites excluding steroid dienone is 4. The number of rotatable bonds is 5. The molecule has 0 bridgehead atoms. The van der Waals surface area contributed by atoms with Crippen LogP contribution in [0.5, 0.6) is 0 Å². The number of fused-ring (bicyclic) bond motifs is 1. The SMILES string of the molecule is C=C1CC[C@@H](O)C(C)(C)[C@H]1/C=C/C(C)=C/[C@H](O)[C@]12O[C@H]1[C@H](O)C(CO)=C[C@@H]2O. The van der Waals surface area contributed by atoms with Gasteiger partial charge in [0.05, 0.1) is 12.7 Å². The first-order valence-corrected chi connectivity index (χ1v) is 9.81. The summed E-state index contributed by atoms with van der Waals surface area (Å²) < 4.78 is 5.51. The highest BCUT2D eigenvalue weighted by Gasteiger charge is 2.69. The molecule has 0 spiro atoms. The minimum absolute atomic E-state index is 0.0250. The molecule has 0 aromatic heterocycles. The molecule has 0 unspecified atom stereocenters. The second kappa shape index (κ2) is 7.52. The Morgan fingerprint density at radius 2 is 2.04 bits per heavy atom. The molecule has 3 rings (SSSR count). The van der Waals surface area contributed by atoms with Crippen LogP contribution in [-0.4, -0.2) is 68.3 Å². The molecule has 1 aliphatic heterocycles. The molecule has 3 aliphatic rings. The van der Waals surface area contributed by atoms with Gasteiger partial charge in [-0.05, 0) is 31.4 Å². The van der Waals surface area contributed by atoms with Crippen LogP contribution in [0, 0.1) is 11.3 Å². The summed E-state index contributed by atoms with van der Waals surface area (Å²) in [5, 5.41) is 50.8. The van der Waals surface area contributed by atoms with E-state index in [9.17, 15) is 25.5 Å². The summed E-state index contributed by atoms with van der Waals surface area (Å²) in [4.78, 5) is 0. The van der Waals surface area contributed by atoms with Crippen molar-refractivity contribution in [1.29, 1.82) is 0 Å². The van der Waals surface area contributed by atoms with Gasteiger partial charge in [-0.25, -0.2) is 0 Å². The van der Waals surface area contributed by atoms with E-state index >= 15 is 0 Å². The molecule has 5 N–H and O–H groups in total. The summed E-state index contributed by atoms with van der Waals surface area (Å²) in [5.74, 6) is 0.0250. The molecule has 0 radical (unpaired) electrons. The number of aliphatic hydroxyl groups excluding tert-OH is 5. The van der Waals surface area contributed by atoms with Crippen LogP contribution >= 0.6 is 0 Å². The fourth-order valence-corrected chi connectivity index (χ4v) is 4.57. The Bertz CT molecular complexity index is 721. The smallest absolute Gasteiger partial charge is 0.156 e. The standard InChI is InChI=1S/C22H32O6/c1-12(5-7-15-13(2)6-8-16(24)21(15,3)4)9-17(25)22-18(26)10-14(11-23)19(27)20(22)28-22/h5,7,9-10,15-20,23-27H,2,6,8,11H2,1,3-4H3/b7-5+,12-9+/t15-,16+,17-,18-,19+,20-,22+/m0/s1. The minimum Gasteiger partial charge on any atom is -0.393 e. The number of hydrogen-bond acceptors (Lipinski definition) is 6. The molecule has 6 heteroatoms. The van der Waals surface area contributed by atoms with Crippen molar-refractivity contribution in [3.63, 3.8) is 0 Å². The zero-order valence-corrected chi connectivity index (χ0v) is 16.7. The summed E-state index contributed by atoms with van der Waals surface area (Å²) in [5.41, 5.74) is 0.561. The lowest BCUT2D eigenvalue weighted by molar-refractivity contribution is 0.00704. The fraction of sp³-hybridized carbons (Fsp3) is 0.636. The van der Waals surface area contributed by atoms with E-state index in [0.717, 1.165) is 17.6 Å². The van der Waals surface area contributed by atoms with Gasteiger partial charge in [-0.2, -0.15) is 0 Å². The van der Waals surface area contributed by atoms with Crippen LogP contribution in [0.2, 0.25) is 0 Å². The number of ether oxygens (including phenoxy) is 1. The Morgan fingerprint density at radius 3 is 2.68 bits per heavy atom. The molecular weight excluding hydrogens is 360 g/mol. The topological polar surface area (TPSA) is 114 Å². The average molecular weight is 392 g/mol. The van der Waals surface area contributed by atoms with Gasteiger partial charge in [0.1, 0.15) is 24.4 Å². The van der Waals surface area contributed by atoms with Crippen molar-refractivity contribution < 1.29 is 30.3 Å². The predicted molar refractivity (Wildman–Crippen MR) is 105 cm³/mol. The summed E-state index contributed by atoms with van der Waals surface area (Å²) >= 11 is 0. The number of hydrogen-bond donors (Lipinski definition) is 5. The van der Waals surface area contributed by atoms with E-state index in [4.69, 9.17) is 4.74 Å². The van der Waals surface area contributed by atoms with Crippen LogP contribution in [0.3, 0.4) is 0 Å². The lowest BCUT2D eigenvalue weighted by Gasteiger charge is -2.42. The Labute approximate surface area is 166 Å². The Hall–Kier alpha value is -1.28. The van der Waals surface area contributed by atoms with Crippen molar-refractivity contribution in [2.24, 2.45) is 11.3 Å². The van der Waals surface area contributed by atoms with Gasteiger partial charge in [0, 0.05) is 11.3 Å². The maximum atomic E-state index is 10.7. The van der Waals surface area contributed by atoms with Crippen LogP contribution in [-0.2, 0) is 4.74 Å². The van der Waals surface area contributed by atoms with Crippen LogP contribution in [0.15, 0.2) is 47.6 Å². The first-order valence-electron chi connectivity index (χ1n) is 9.81.